The van der Waals surface area contributed by atoms with Crippen molar-refractivity contribution in [3.63, 3.8) is 0 Å². The molecule has 0 bridgehead atoms. The zero-order valence-electron chi connectivity index (χ0n) is 21.0. The van der Waals surface area contributed by atoms with E-state index in [0.717, 1.165) is 6.42 Å². The van der Waals surface area contributed by atoms with Gasteiger partial charge in [-0.1, -0.05) is 99.6 Å². The van der Waals surface area contributed by atoms with Gasteiger partial charge in [-0.05, 0) is 89.6 Å². The molecule has 0 radical (unpaired) electrons. The van der Waals surface area contributed by atoms with Crippen LogP contribution in [0.3, 0.4) is 0 Å². The number of hydrogen-bond donors (Lipinski definition) is 0. The SMILES string of the molecule is CC1=C(C)C(C(c2cc(C)cc(C)c2)(c2cc(C)cc(C)c2)c2cc(C)cc(C)c2)=CC1. The monoisotopic (exact) mass is 420 g/mol. The first-order chi connectivity index (χ1) is 15.1. The standard InChI is InChI=1S/C32H36/c1-20-11-21(2)15-28(14-20)32(31-10-9-26(7)27(31)8,29-16-22(3)12-23(4)17-29)30-18-24(5)13-25(6)19-30/h10-19H,9H2,1-8H3. The summed E-state index contributed by atoms with van der Waals surface area (Å²) in [6, 6.07) is 21.3. The van der Waals surface area contributed by atoms with Gasteiger partial charge in [-0.15, -0.1) is 0 Å². The lowest BCUT2D eigenvalue weighted by atomic mass is 9.62. The van der Waals surface area contributed by atoms with Crippen molar-refractivity contribution >= 4 is 0 Å². The lowest BCUT2D eigenvalue weighted by Gasteiger charge is -2.40. The maximum atomic E-state index is 2.48. The van der Waals surface area contributed by atoms with E-state index in [0.29, 0.717) is 0 Å². The van der Waals surface area contributed by atoms with Crippen LogP contribution >= 0.6 is 0 Å². The molecule has 0 atom stereocenters. The minimum absolute atomic E-state index is 0.341. The molecule has 1 aliphatic rings. The Balaban J connectivity index is 2.24. The van der Waals surface area contributed by atoms with Crippen LogP contribution in [0.1, 0.15) is 70.3 Å². The Labute approximate surface area is 194 Å². The van der Waals surface area contributed by atoms with E-state index in [2.05, 4.69) is 116 Å². The van der Waals surface area contributed by atoms with Gasteiger partial charge in [0.25, 0.3) is 0 Å². The van der Waals surface area contributed by atoms with Gasteiger partial charge in [0.1, 0.15) is 0 Å². The predicted octanol–water partition coefficient (Wildman–Crippen LogP) is 8.54. The van der Waals surface area contributed by atoms with E-state index >= 15 is 0 Å². The second-order valence-electron chi connectivity index (χ2n) is 10.1. The van der Waals surface area contributed by atoms with Crippen LogP contribution in [0.5, 0.6) is 0 Å². The molecule has 0 N–H and O–H groups in total. The molecular weight excluding hydrogens is 384 g/mol. The largest absolute Gasteiger partial charge is 0.0754 e. The predicted molar refractivity (Wildman–Crippen MR) is 139 cm³/mol. The van der Waals surface area contributed by atoms with Crippen LogP contribution in [0.2, 0.25) is 0 Å². The number of hydrogen-bond acceptors (Lipinski definition) is 0. The molecule has 0 saturated heterocycles. The van der Waals surface area contributed by atoms with Crippen LogP contribution in [-0.4, -0.2) is 0 Å². The molecule has 0 saturated carbocycles. The van der Waals surface area contributed by atoms with Gasteiger partial charge in [-0.25, -0.2) is 0 Å². The van der Waals surface area contributed by atoms with Crippen molar-refractivity contribution in [2.75, 3.05) is 0 Å². The summed E-state index contributed by atoms with van der Waals surface area (Å²) in [7, 11) is 0. The molecule has 1 aliphatic carbocycles. The van der Waals surface area contributed by atoms with Gasteiger partial charge < -0.3 is 0 Å². The molecule has 32 heavy (non-hydrogen) atoms. The highest BCUT2D eigenvalue weighted by Crippen LogP contribution is 2.51. The van der Waals surface area contributed by atoms with E-state index in [4.69, 9.17) is 0 Å². The highest BCUT2D eigenvalue weighted by molar-refractivity contribution is 5.67. The molecule has 0 spiro atoms. The average Bonchev–Trinajstić information content (AvgIpc) is 3.00. The Morgan fingerprint density at radius 2 is 0.781 bits per heavy atom. The van der Waals surface area contributed by atoms with Crippen molar-refractivity contribution in [2.24, 2.45) is 0 Å². The number of allylic oxidation sites excluding steroid dienone is 4. The summed E-state index contributed by atoms with van der Waals surface area (Å²) in [5, 5.41) is 0. The summed E-state index contributed by atoms with van der Waals surface area (Å²) in [5.74, 6) is 0. The Morgan fingerprint density at radius 3 is 1.03 bits per heavy atom. The molecule has 0 heterocycles. The maximum absolute atomic E-state index is 2.48. The van der Waals surface area contributed by atoms with E-state index in [9.17, 15) is 0 Å². The highest BCUT2D eigenvalue weighted by atomic mass is 14.4. The second-order valence-corrected chi connectivity index (χ2v) is 10.1. The van der Waals surface area contributed by atoms with E-state index in [1.54, 1.807) is 0 Å². The fraction of sp³-hybridized carbons (Fsp3) is 0.312. The lowest BCUT2D eigenvalue weighted by Crippen LogP contribution is -2.33. The normalized spacial score (nSPS) is 14.2. The van der Waals surface area contributed by atoms with Crippen molar-refractivity contribution in [3.8, 4) is 0 Å². The smallest absolute Gasteiger partial charge is 0.0701 e. The zero-order chi connectivity index (χ0) is 23.2. The maximum Gasteiger partial charge on any atom is 0.0701 e. The first-order valence-corrected chi connectivity index (χ1v) is 11.7. The molecule has 0 amide bonds. The van der Waals surface area contributed by atoms with Gasteiger partial charge >= 0.3 is 0 Å². The van der Waals surface area contributed by atoms with Crippen LogP contribution in [0.4, 0.5) is 0 Å². The van der Waals surface area contributed by atoms with Gasteiger partial charge in [0, 0.05) is 0 Å². The highest BCUT2D eigenvalue weighted by Gasteiger charge is 2.42. The molecule has 0 fully saturated rings. The van der Waals surface area contributed by atoms with Crippen molar-refractivity contribution in [2.45, 2.75) is 67.2 Å². The Kier molecular flexibility index (Phi) is 5.76. The third kappa shape index (κ3) is 3.77. The first kappa shape index (κ1) is 22.3. The average molecular weight is 421 g/mol. The molecule has 0 nitrogen and oxygen atoms in total. The Morgan fingerprint density at radius 1 is 0.469 bits per heavy atom. The Hall–Kier alpha value is -2.86. The fourth-order valence-electron chi connectivity index (χ4n) is 5.77. The van der Waals surface area contributed by atoms with Crippen LogP contribution in [0.15, 0.2) is 77.4 Å². The lowest BCUT2D eigenvalue weighted by molar-refractivity contribution is 0.728. The van der Waals surface area contributed by atoms with Crippen molar-refractivity contribution in [1.82, 2.24) is 0 Å². The quantitative estimate of drug-likeness (QED) is 0.371. The molecule has 0 heteroatoms. The van der Waals surface area contributed by atoms with Crippen LogP contribution in [-0.2, 0) is 5.41 Å². The second kappa shape index (κ2) is 8.24. The minimum Gasteiger partial charge on any atom is -0.0754 e. The van der Waals surface area contributed by atoms with Crippen LogP contribution in [0.25, 0.3) is 0 Å². The molecular formula is C32H36. The molecule has 164 valence electrons. The van der Waals surface area contributed by atoms with Gasteiger partial charge in [0.05, 0.1) is 5.41 Å². The minimum atomic E-state index is -0.341. The third-order valence-corrected chi connectivity index (χ3v) is 7.02. The zero-order valence-corrected chi connectivity index (χ0v) is 21.0. The molecule has 0 unspecified atom stereocenters. The van der Waals surface area contributed by atoms with E-state index in [1.165, 1.54) is 66.8 Å². The van der Waals surface area contributed by atoms with E-state index in [1.807, 2.05) is 0 Å². The van der Waals surface area contributed by atoms with E-state index < -0.39 is 0 Å². The van der Waals surface area contributed by atoms with Crippen LogP contribution in [0, 0.1) is 41.5 Å². The topological polar surface area (TPSA) is 0 Å². The van der Waals surface area contributed by atoms with Gasteiger partial charge in [-0.3, -0.25) is 0 Å². The first-order valence-electron chi connectivity index (χ1n) is 11.7. The summed E-state index contributed by atoms with van der Waals surface area (Å²) in [5.41, 5.74) is 16.0. The third-order valence-electron chi connectivity index (χ3n) is 7.02. The Bertz CT molecular complexity index is 1080. The number of aryl methyl sites for hydroxylation is 6. The summed E-state index contributed by atoms with van der Waals surface area (Å²) in [6.07, 6.45) is 3.51. The molecule has 3 aromatic carbocycles. The van der Waals surface area contributed by atoms with Crippen LogP contribution < -0.4 is 0 Å². The summed E-state index contributed by atoms with van der Waals surface area (Å²) in [6.45, 7) is 17.9. The van der Waals surface area contributed by atoms with Gasteiger partial charge in [-0.2, -0.15) is 0 Å². The molecule has 0 aliphatic heterocycles. The number of benzene rings is 3. The van der Waals surface area contributed by atoms with Crippen molar-refractivity contribution in [3.05, 3.63) is 127 Å². The van der Waals surface area contributed by atoms with Crippen molar-refractivity contribution in [1.29, 1.82) is 0 Å². The molecule has 4 rings (SSSR count). The van der Waals surface area contributed by atoms with Gasteiger partial charge in [0.15, 0.2) is 0 Å². The van der Waals surface area contributed by atoms with Gasteiger partial charge in [0.2, 0.25) is 0 Å². The van der Waals surface area contributed by atoms with Crippen molar-refractivity contribution < 1.29 is 0 Å². The summed E-state index contributed by atoms with van der Waals surface area (Å²) in [4.78, 5) is 0. The number of rotatable bonds is 4. The van der Waals surface area contributed by atoms with E-state index in [-0.39, 0.29) is 5.41 Å². The summed E-state index contributed by atoms with van der Waals surface area (Å²) < 4.78 is 0. The molecule has 0 aromatic heterocycles. The fourth-order valence-corrected chi connectivity index (χ4v) is 5.77. The molecule has 3 aromatic rings. The summed E-state index contributed by atoms with van der Waals surface area (Å²) >= 11 is 0.